The highest BCUT2D eigenvalue weighted by atomic mass is 32.2. The number of H-pyrrole nitrogens is 1. The Morgan fingerprint density at radius 3 is 2.72 bits per heavy atom. The largest absolute Gasteiger partial charge is 0.444 e. The fourth-order valence-electron chi connectivity index (χ4n) is 2.62. The number of hydrogen-bond donors (Lipinski definition) is 3. The summed E-state index contributed by atoms with van der Waals surface area (Å²) < 4.78 is 33.1. The van der Waals surface area contributed by atoms with Crippen molar-refractivity contribution in [2.24, 2.45) is 0 Å². The van der Waals surface area contributed by atoms with E-state index in [-0.39, 0.29) is 9.34 Å². The lowest BCUT2D eigenvalue weighted by molar-refractivity contribution is 0.0636. The number of sulfonamides is 1. The van der Waals surface area contributed by atoms with Crippen molar-refractivity contribution in [1.29, 1.82) is 5.26 Å². The van der Waals surface area contributed by atoms with E-state index in [9.17, 15) is 18.5 Å². The molecule has 3 rings (SSSR count). The minimum atomic E-state index is -3.95. The number of nitrogens with one attached hydrogen (secondary N) is 3. The van der Waals surface area contributed by atoms with Crippen LogP contribution in [0, 0.1) is 18.3 Å². The SMILES string of the molecule is Cc1ccc(NS(=O)(=O)c2cnc(NC(=O)OC(C)(C)C)s2)c2[nH]cc(C#N)c12. The fraction of sp³-hybridized carbons (Fsp3) is 0.278. The van der Waals surface area contributed by atoms with Crippen LogP contribution in [0.5, 0.6) is 0 Å². The molecule has 0 fully saturated rings. The normalized spacial score (nSPS) is 11.8. The zero-order valence-corrected chi connectivity index (χ0v) is 17.8. The first-order valence-corrected chi connectivity index (χ1v) is 10.8. The van der Waals surface area contributed by atoms with Crippen molar-refractivity contribution in [3.05, 3.63) is 35.7 Å². The van der Waals surface area contributed by atoms with Crippen molar-refractivity contribution >= 4 is 49.2 Å². The summed E-state index contributed by atoms with van der Waals surface area (Å²) in [5.41, 5.74) is 1.42. The Balaban J connectivity index is 1.85. The van der Waals surface area contributed by atoms with Crippen molar-refractivity contribution in [2.45, 2.75) is 37.5 Å². The van der Waals surface area contributed by atoms with Gasteiger partial charge in [0.15, 0.2) is 9.34 Å². The summed E-state index contributed by atoms with van der Waals surface area (Å²) in [4.78, 5) is 18.7. The number of aryl methyl sites for hydroxylation is 1. The third-order valence-corrected chi connectivity index (χ3v) is 6.51. The van der Waals surface area contributed by atoms with Crippen molar-refractivity contribution in [3.63, 3.8) is 0 Å². The molecule has 1 aromatic carbocycles. The van der Waals surface area contributed by atoms with E-state index in [4.69, 9.17) is 4.74 Å². The number of nitrogens with zero attached hydrogens (tertiary/aromatic N) is 2. The average molecular weight is 434 g/mol. The molecule has 152 valence electrons. The van der Waals surface area contributed by atoms with E-state index in [1.165, 1.54) is 6.20 Å². The molecule has 0 spiro atoms. The molecule has 0 saturated carbocycles. The van der Waals surface area contributed by atoms with Gasteiger partial charge < -0.3 is 9.72 Å². The number of hydrogen-bond acceptors (Lipinski definition) is 7. The molecule has 0 atom stereocenters. The summed E-state index contributed by atoms with van der Waals surface area (Å²) in [6.07, 6.45) is 1.96. The number of amides is 1. The maximum atomic E-state index is 12.8. The quantitative estimate of drug-likeness (QED) is 0.570. The van der Waals surface area contributed by atoms with Crippen molar-refractivity contribution in [3.8, 4) is 6.07 Å². The molecule has 0 saturated heterocycles. The number of rotatable bonds is 4. The van der Waals surface area contributed by atoms with Gasteiger partial charge in [-0.3, -0.25) is 10.0 Å². The molecule has 29 heavy (non-hydrogen) atoms. The second-order valence-electron chi connectivity index (χ2n) is 7.21. The second-order valence-corrected chi connectivity index (χ2v) is 10.2. The van der Waals surface area contributed by atoms with Crippen LogP contribution < -0.4 is 10.0 Å². The van der Waals surface area contributed by atoms with E-state index in [2.05, 4.69) is 26.1 Å². The first kappa shape index (κ1) is 20.6. The van der Waals surface area contributed by atoms with Gasteiger partial charge in [0, 0.05) is 11.6 Å². The molecule has 2 aromatic heterocycles. The summed E-state index contributed by atoms with van der Waals surface area (Å²) in [6, 6.07) is 5.43. The van der Waals surface area contributed by atoms with E-state index in [0.717, 1.165) is 23.1 Å². The molecule has 0 radical (unpaired) electrons. The van der Waals surface area contributed by atoms with Gasteiger partial charge in [-0.15, -0.1) is 0 Å². The molecule has 0 unspecified atom stereocenters. The molecule has 3 aromatic rings. The molecular formula is C18H19N5O4S2. The van der Waals surface area contributed by atoms with E-state index in [1.807, 2.05) is 6.92 Å². The van der Waals surface area contributed by atoms with Gasteiger partial charge >= 0.3 is 6.09 Å². The van der Waals surface area contributed by atoms with Gasteiger partial charge in [-0.05, 0) is 39.3 Å². The molecule has 9 nitrogen and oxygen atoms in total. The molecule has 0 aliphatic heterocycles. The van der Waals surface area contributed by atoms with E-state index in [0.29, 0.717) is 22.2 Å². The van der Waals surface area contributed by atoms with Crippen LogP contribution in [0.15, 0.2) is 28.7 Å². The summed E-state index contributed by atoms with van der Waals surface area (Å²) >= 11 is 0.796. The predicted molar refractivity (Wildman–Crippen MR) is 111 cm³/mol. The smallest absolute Gasteiger partial charge is 0.413 e. The van der Waals surface area contributed by atoms with Crippen LogP contribution in [0.2, 0.25) is 0 Å². The number of thiazole rings is 1. The van der Waals surface area contributed by atoms with E-state index in [1.54, 1.807) is 32.9 Å². The zero-order valence-electron chi connectivity index (χ0n) is 16.2. The van der Waals surface area contributed by atoms with Gasteiger partial charge in [-0.2, -0.15) is 5.26 Å². The van der Waals surface area contributed by atoms with Gasteiger partial charge in [-0.25, -0.2) is 18.2 Å². The number of ether oxygens (including phenoxy) is 1. The number of anilines is 2. The highest BCUT2D eigenvalue weighted by Crippen LogP contribution is 2.31. The summed E-state index contributed by atoms with van der Waals surface area (Å²) in [5, 5.41) is 12.4. The van der Waals surface area contributed by atoms with E-state index < -0.39 is 21.7 Å². The maximum absolute atomic E-state index is 12.8. The first-order valence-electron chi connectivity index (χ1n) is 8.49. The third-order valence-electron chi connectivity index (χ3n) is 3.77. The standard InChI is InChI=1S/C18H19N5O4S2/c1-10-5-6-12(15-14(10)11(7-19)8-20-15)23-29(25,26)13-9-21-16(28-13)22-17(24)27-18(2,3)4/h5-6,8-9,20,23H,1-4H3,(H,21,22,24). The molecule has 0 bridgehead atoms. The van der Waals surface area contributed by atoms with Crippen LogP contribution in [0.1, 0.15) is 31.9 Å². The number of nitriles is 1. The Bertz CT molecular complexity index is 1230. The molecular weight excluding hydrogens is 414 g/mol. The molecule has 1 amide bonds. The average Bonchev–Trinajstić information content (AvgIpc) is 3.23. The first-order chi connectivity index (χ1) is 13.5. The summed E-state index contributed by atoms with van der Waals surface area (Å²) in [7, 11) is -3.95. The van der Waals surface area contributed by atoms with Crippen molar-refractivity contribution in [2.75, 3.05) is 10.0 Å². The van der Waals surface area contributed by atoms with Crippen LogP contribution in [0.4, 0.5) is 15.6 Å². The molecule has 0 aliphatic rings. The highest BCUT2D eigenvalue weighted by molar-refractivity contribution is 7.94. The van der Waals surface area contributed by atoms with Gasteiger partial charge in [0.2, 0.25) is 0 Å². The number of benzene rings is 1. The fourth-order valence-corrected chi connectivity index (χ4v) is 4.71. The Labute approximate surface area is 171 Å². The van der Waals surface area contributed by atoms with E-state index >= 15 is 0 Å². The monoisotopic (exact) mass is 433 g/mol. The number of aromatic amines is 1. The molecule has 2 heterocycles. The van der Waals surface area contributed by atoms with Gasteiger partial charge in [0.1, 0.15) is 11.7 Å². The van der Waals surface area contributed by atoms with Crippen LogP contribution in [-0.2, 0) is 14.8 Å². The van der Waals surface area contributed by atoms with Gasteiger partial charge in [0.25, 0.3) is 10.0 Å². The van der Waals surface area contributed by atoms with Crippen LogP contribution >= 0.6 is 11.3 Å². The number of carbonyl (C=O) groups is 1. The summed E-state index contributed by atoms with van der Waals surface area (Å²) in [5.74, 6) is 0. The van der Waals surface area contributed by atoms with Crippen LogP contribution in [0.25, 0.3) is 10.9 Å². The van der Waals surface area contributed by atoms with Gasteiger partial charge in [-0.1, -0.05) is 17.4 Å². The molecule has 0 aliphatic carbocycles. The number of aromatic nitrogens is 2. The Morgan fingerprint density at radius 2 is 2.07 bits per heavy atom. The van der Waals surface area contributed by atoms with Crippen molar-refractivity contribution in [1.82, 2.24) is 9.97 Å². The highest BCUT2D eigenvalue weighted by Gasteiger charge is 2.22. The minimum Gasteiger partial charge on any atom is -0.444 e. The minimum absolute atomic E-state index is 0.0793. The lowest BCUT2D eigenvalue weighted by Gasteiger charge is -2.18. The number of carbonyl (C=O) groups excluding carboxylic acids is 1. The van der Waals surface area contributed by atoms with Crippen LogP contribution in [0.3, 0.4) is 0 Å². The zero-order chi connectivity index (χ0) is 21.4. The lowest BCUT2D eigenvalue weighted by atomic mass is 10.1. The maximum Gasteiger partial charge on any atom is 0.413 e. The molecule has 11 heteroatoms. The second kappa shape index (κ2) is 7.38. The predicted octanol–water partition coefficient (Wildman–Crippen LogP) is 3.95. The molecule has 3 N–H and O–H groups in total. The van der Waals surface area contributed by atoms with Crippen LogP contribution in [-0.4, -0.2) is 30.1 Å². The summed E-state index contributed by atoms with van der Waals surface area (Å²) in [6.45, 7) is 6.99. The topological polar surface area (TPSA) is 137 Å². The van der Waals surface area contributed by atoms with Gasteiger partial charge in [0.05, 0.1) is 23.0 Å². The Morgan fingerprint density at radius 1 is 1.34 bits per heavy atom. The number of fused-ring (bicyclic) bond motifs is 1. The van der Waals surface area contributed by atoms with Crippen molar-refractivity contribution < 1.29 is 17.9 Å². The lowest BCUT2D eigenvalue weighted by Crippen LogP contribution is -2.27. The Kier molecular flexibility index (Phi) is 5.25. The Hall–Kier alpha value is -3.10. The third kappa shape index (κ3) is 4.49.